The fourth-order valence-corrected chi connectivity index (χ4v) is 3.21. The van der Waals surface area contributed by atoms with Crippen molar-refractivity contribution in [3.8, 4) is 11.6 Å². The molecule has 2 aromatic rings. The minimum Gasteiger partial charge on any atom is -0.439 e. The molecule has 7 nitrogen and oxygen atoms in total. The second-order valence-corrected chi connectivity index (χ2v) is 7.17. The maximum Gasteiger partial charge on any atom is 0.253 e. The van der Waals surface area contributed by atoms with E-state index in [4.69, 9.17) is 4.74 Å². The quantitative estimate of drug-likeness (QED) is 0.717. The van der Waals surface area contributed by atoms with Crippen molar-refractivity contribution in [3.05, 3.63) is 54.2 Å². The van der Waals surface area contributed by atoms with Crippen molar-refractivity contribution in [3.63, 3.8) is 0 Å². The van der Waals surface area contributed by atoms with E-state index in [2.05, 4.69) is 20.5 Å². The molecule has 7 heteroatoms. The van der Waals surface area contributed by atoms with Crippen molar-refractivity contribution >= 4 is 11.8 Å². The summed E-state index contributed by atoms with van der Waals surface area (Å²) in [6.07, 6.45) is 4.12. The zero-order chi connectivity index (χ0) is 20.5. The lowest BCUT2D eigenvalue weighted by atomic mass is 10.0. The number of carbonyl (C=O) groups excluding carboxylic acids is 2. The highest BCUT2D eigenvalue weighted by Crippen LogP contribution is 2.18. The number of amides is 2. The van der Waals surface area contributed by atoms with Crippen molar-refractivity contribution in [2.75, 3.05) is 26.2 Å². The number of hydrogen-bond acceptors (Lipinski definition) is 5. The van der Waals surface area contributed by atoms with E-state index in [0.29, 0.717) is 30.3 Å². The number of piperidine rings is 1. The summed E-state index contributed by atoms with van der Waals surface area (Å²) in [5.74, 6) is 1.08. The average Bonchev–Trinajstić information content (AvgIpc) is 2.75. The highest BCUT2D eigenvalue weighted by molar-refractivity contribution is 5.94. The molecular weight excluding hydrogens is 368 g/mol. The summed E-state index contributed by atoms with van der Waals surface area (Å²) in [5.41, 5.74) is 0.506. The first-order valence-corrected chi connectivity index (χ1v) is 10.1. The van der Waals surface area contributed by atoms with Gasteiger partial charge in [-0.05, 0) is 37.5 Å². The van der Waals surface area contributed by atoms with Gasteiger partial charge in [0, 0.05) is 37.9 Å². The van der Waals surface area contributed by atoms with Gasteiger partial charge in [-0.2, -0.15) is 0 Å². The van der Waals surface area contributed by atoms with Crippen LogP contribution in [0.4, 0.5) is 0 Å². The number of hydrogen-bond donors (Lipinski definition) is 2. The molecule has 0 radical (unpaired) electrons. The van der Waals surface area contributed by atoms with E-state index in [1.807, 2.05) is 37.3 Å². The van der Waals surface area contributed by atoms with Crippen molar-refractivity contribution in [2.24, 2.45) is 0 Å². The third-order valence-corrected chi connectivity index (χ3v) is 4.83. The van der Waals surface area contributed by atoms with Gasteiger partial charge in [0.1, 0.15) is 5.75 Å². The molecule has 0 spiro atoms. The third kappa shape index (κ3) is 6.57. The highest BCUT2D eigenvalue weighted by Gasteiger charge is 2.22. The standard InChI is InChI=1S/C22H28N4O3/c1-2-12-23-20(27)16-26-13-10-18(11-14-26)25-22(28)17-8-9-21(24-15-17)29-19-6-4-3-5-7-19/h3-9,15,18H,2,10-14,16H2,1H3,(H,23,27)(H,25,28). The molecule has 2 heterocycles. The number of likely N-dealkylation sites (tertiary alicyclic amines) is 1. The number of carbonyl (C=O) groups is 2. The van der Waals surface area contributed by atoms with E-state index in [1.165, 1.54) is 6.20 Å². The fraction of sp³-hybridized carbons (Fsp3) is 0.409. The van der Waals surface area contributed by atoms with Gasteiger partial charge in [0.05, 0.1) is 12.1 Å². The number of nitrogens with one attached hydrogen (secondary N) is 2. The number of rotatable bonds is 8. The molecule has 1 saturated heterocycles. The summed E-state index contributed by atoms with van der Waals surface area (Å²) in [6, 6.07) is 12.9. The van der Waals surface area contributed by atoms with E-state index < -0.39 is 0 Å². The Morgan fingerprint density at radius 2 is 1.90 bits per heavy atom. The lowest BCUT2D eigenvalue weighted by Crippen LogP contribution is -2.47. The largest absolute Gasteiger partial charge is 0.439 e. The van der Waals surface area contributed by atoms with E-state index in [1.54, 1.807) is 12.1 Å². The third-order valence-electron chi connectivity index (χ3n) is 4.83. The van der Waals surface area contributed by atoms with Gasteiger partial charge in [0.15, 0.2) is 0 Å². The lowest BCUT2D eigenvalue weighted by molar-refractivity contribution is -0.122. The van der Waals surface area contributed by atoms with Crippen molar-refractivity contribution in [1.29, 1.82) is 0 Å². The van der Waals surface area contributed by atoms with E-state index >= 15 is 0 Å². The smallest absolute Gasteiger partial charge is 0.253 e. The second kappa shape index (κ2) is 10.6. The minimum atomic E-state index is -0.136. The predicted octanol–water partition coefficient (Wildman–Crippen LogP) is 2.59. The van der Waals surface area contributed by atoms with Gasteiger partial charge in [0.2, 0.25) is 11.8 Å². The molecule has 3 rings (SSSR count). The molecule has 1 aliphatic rings. The van der Waals surface area contributed by atoms with Crippen LogP contribution in [-0.4, -0.2) is 53.9 Å². The Hall–Kier alpha value is -2.93. The molecule has 0 saturated carbocycles. The zero-order valence-corrected chi connectivity index (χ0v) is 16.8. The number of ether oxygens (including phenoxy) is 1. The molecule has 0 atom stereocenters. The predicted molar refractivity (Wildman–Crippen MR) is 111 cm³/mol. The van der Waals surface area contributed by atoms with Gasteiger partial charge < -0.3 is 15.4 Å². The molecule has 1 fully saturated rings. The summed E-state index contributed by atoms with van der Waals surface area (Å²) in [4.78, 5) is 30.7. The van der Waals surface area contributed by atoms with Crippen LogP contribution in [0, 0.1) is 0 Å². The summed E-state index contributed by atoms with van der Waals surface area (Å²) in [6.45, 7) is 4.77. The van der Waals surface area contributed by atoms with E-state index in [0.717, 1.165) is 32.4 Å². The monoisotopic (exact) mass is 396 g/mol. The molecule has 2 amide bonds. The maximum absolute atomic E-state index is 12.5. The molecule has 29 heavy (non-hydrogen) atoms. The van der Waals surface area contributed by atoms with E-state index in [-0.39, 0.29) is 17.9 Å². The zero-order valence-electron chi connectivity index (χ0n) is 16.8. The number of pyridine rings is 1. The lowest BCUT2D eigenvalue weighted by Gasteiger charge is -2.31. The summed E-state index contributed by atoms with van der Waals surface area (Å²) in [7, 11) is 0. The first kappa shape index (κ1) is 20.8. The van der Waals surface area contributed by atoms with Crippen molar-refractivity contribution < 1.29 is 14.3 Å². The van der Waals surface area contributed by atoms with Gasteiger partial charge in [-0.15, -0.1) is 0 Å². The van der Waals surface area contributed by atoms with Crippen molar-refractivity contribution in [1.82, 2.24) is 20.5 Å². The number of nitrogens with zero attached hydrogens (tertiary/aromatic N) is 2. The Bertz CT molecular complexity index is 787. The van der Waals surface area contributed by atoms with E-state index in [9.17, 15) is 9.59 Å². The first-order chi connectivity index (χ1) is 14.1. The minimum absolute atomic E-state index is 0.0678. The Morgan fingerprint density at radius 3 is 2.55 bits per heavy atom. The van der Waals surface area contributed by atoms with Crippen LogP contribution in [0.1, 0.15) is 36.5 Å². The number of aromatic nitrogens is 1. The number of benzene rings is 1. The summed E-state index contributed by atoms with van der Waals surface area (Å²) in [5, 5.41) is 5.96. The van der Waals surface area contributed by atoms with Crippen LogP contribution in [0.5, 0.6) is 11.6 Å². The Balaban J connectivity index is 1.43. The van der Waals surface area contributed by atoms with Crippen LogP contribution in [0.2, 0.25) is 0 Å². The molecule has 1 aromatic heterocycles. The van der Waals surface area contributed by atoms with Crippen LogP contribution in [0.15, 0.2) is 48.7 Å². The van der Waals surface area contributed by atoms with Crippen molar-refractivity contribution in [2.45, 2.75) is 32.2 Å². The first-order valence-electron chi connectivity index (χ1n) is 10.1. The Kier molecular flexibility index (Phi) is 7.58. The SMILES string of the molecule is CCCNC(=O)CN1CCC(NC(=O)c2ccc(Oc3ccccc3)nc2)CC1. The molecular formula is C22H28N4O3. The maximum atomic E-state index is 12.5. The molecule has 1 aromatic carbocycles. The van der Waals surface area contributed by atoms with Crippen LogP contribution in [0.25, 0.3) is 0 Å². The van der Waals surface area contributed by atoms with Crippen LogP contribution >= 0.6 is 0 Å². The van der Waals surface area contributed by atoms with Crippen LogP contribution < -0.4 is 15.4 Å². The molecule has 1 aliphatic heterocycles. The average molecular weight is 396 g/mol. The topological polar surface area (TPSA) is 83.6 Å². The fourth-order valence-electron chi connectivity index (χ4n) is 3.21. The van der Waals surface area contributed by atoms with Gasteiger partial charge in [-0.1, -0.05) is 25.1 Å². The van der Waals surface area contributed by atoms with Gasteiger partial charge in [-0.25, -0.2) is 4.98 Å². The molecule has 154 valence electrons. The van der Waals surface area contributed by atoms with Gasteiger partial charge in [-0.3, -0.25) is 14.5 Å². The highest BCUT2D eigenvalue weighted by atomic mass is 16.5. The van der Waals surface area contributed by atoms with Crippen LogP contribution in [-0.2, 0) is 4.79 Å². The Labute approximate surface area is 171 Å². The van der Waals surface area contributed by atoms with Gasteiger partial charge in [0.25, 0.3) is 5.91 Å². The van der Waals surface area contributed by atoms with Crippen LogP contribution in [0.3, 0.4) is 0 Å². The number of para-hydroxylation sites is 1. The molecule has 2 N–H and O–H groups in total. The van der Waals surface area contributed by atoms with Gasteiger partial charge >= 0.3 is 0 Å². The second-order valence-electron chi connectivity index (χ2n) is 7.17. The molecule has 0 aliphatic carbocycles. The molecule has 0 bridgehead atoms. The normalized spacial score (nSPS) is 14.9. The summed E-state index contributed by atoms with van der Waals surface area (Å²) < 4.78 is 5.65. The summed E-state index contributed by atoms with van der Waals surface area (Å²) >= 11 is 0. The Morgan fingerprint density at radius 1 is 1.14 bits per heavy atom. The molecule has 0 unspecified atom stereocenters.